The topological polar surface area (TPSA) is 152 Å². The number of aliphatic hydroxyl groups excluding tert-OH is 1. The summed E-state index contributed by atoms with van der Waals surface area (Å²) < 4.78 is 21.5. The van der Waals surface area contributed by atoms with E-state index in [9.17, 15) is 14.7 Å². The molecule has 0 aliphatic carbocycles. The fraction of sp³-hybridized carbons (Fsp3) is 0.516. The highest BCUT2D eigenvalue weighted by molar-refractivity contribution is 5.71. The van der Waals surface area contributed by atoms with Crippen LogP contribution in [0.1, 0.15) is 45.1 Å². The number of piperidine rings is 1. The van der Waals surface area contributed by atoms with E-state index in [4.69, 9.17) is 28.7 Å². The number of carbonyl (C=O) groups is 2. The fourth-order valence-corrected chi connectivity index (χ4v) is 4.87. The van der Waals surface area contributed by atoms with Crippen molar-refractivity contribution in [3.05, 3.63) is 41.8 Å². The molecule has 2 amide bonds. The van der Waals surface area contributed by atoms with E-state index in [2.05, 4.69) is 10.5 Å². The van der Waals surface area contributed by atoms with Gasteiger partial charge < -0.3 is 39.0 Å². The second-order valence-electron chi connectivity index (χ2n) is 11.9. The van der Waals surface area contributed by atoms with Crippen LogP contribution in [0.3, 0.4) is 0 Å². The van der Waals surface area contributed by atoms with Gasteiger partial charge in [0.2, 0.25) is 0 Å². The number of aliphatic hydroxyl groups is 1. The molecule has 3 aromatic rings. The Labute approximate surface area is 257 Å². The Balaban J connectivity index is 1.50. The molecule has 0 unspecified atom stereocenters. The summed E-state index contributed by atoms with van der Waals surface area (Å²) in [5.74, 6) is 2.26. The average Bonchev–Trinajstić information content (AvgIpc) is 3.32. The van der Waals surface area contributed by atoms with Gasteiger partial charge in [0.25, 0.3) is 0 Å². The number of anilines is 1. The zero-order valence-electron chi connectivity index (χ0n) is 26.4. The highest BCUT2D eigenvalue weighted by Gasteiger charge is 2.25. The third-order valence-corrected chi connectivity index (χ3v) is 7.02. The number of ether oxygens (including phenoxy) is 3. The number of likely N-dealkylation sites (tertiary alicyclic amines) is 1. The molecule has 0 bridgehead atoms. The van der Waals surface area contributed by atoms with Gasteiger partial charge in [-0.2, -0.15) is 0 Å². The van der Waals surface area contributed by atoms with Crippen molar-refractivity contribution in [3.8, 4) is 28.4 Å². The van der Waals surface area contributed by atoms with E-state index in [0.717, 1.165) is 18.4 Å². The highest BCUT2D eigenvalue weighted by atomic mass is 16.6. The molecule has 1 aliphatic heterocycles. The summed E-state index contributed by atoms with van der Waals surface area (Å²) in [6.45, 7) is 10.2. The standard InChI is InChI=1S/C31H42N6O7/c1-19-27(20(2)44-35-19)25-16-26(32-22-11-13-37(14-12-22)30(40)41-7)34-28(33-25)21-9-8-10-24(15-21)42-18-23(38)17-36(6)29(39)43-31(3,4)5/h8-10,15-16,22-23,38H,11-14,17-18H2,1-7H3,(H,32,33,34)/t23-/m1/s1. The molecule has 13 nitrogen and oxygen atoms in total. The van der Waals surface area contributed by atoms with Crippen LogP contribution in [0.5, 0.6) is 5.75 Å². The molecular weight excluding hydrogens is 568 g/mol. The third kappa shape index (κ3) is 8.59. The molecule has 1 aliphatic rings. The van der Waals surface area contributed by atoms with Crippen LogP contribution in [0.4, 0.5) is 15.4 Å². The van der Waals surface area contributed by atoms with Crippen LogP contribution in [0, 0.1) is 13.8 Å². The van der Waals surface area contributed by atoms with Crippen molar-refractivity contribution < 1.29 is 33.4 Å². The minimum Gasteiger partial charge on any atom is -0.491 e. The number of rotatable bonds is 9. The Morgan fingerprint density at radius 1 is 1.18 bits per heavy atom. The summed E-state index contributed by atoms with van der Waals surface area (Å²) >= 11 is 0. The van der Waals surface area contributed by atoms with Crippen LogP contribution in [0.15, 0.2) is 34.9 Å². The first-order valence-electron chi connectivity index (χ1n) is 14.6. The molecule has 2 N–H and O–H groups in total. The number of aryl methyl sites for hydroxylation is 2. The van der Waals surface area contributed by atoms with Gasteiger partial charge in [-0.3, -0.25) is 0 Å². The van der Waals surface area contributed by atoms with Crippen LogP contribution in [-0.4, -0.2) is 100 Å². The van der Waals surface area contributed by atoms with Crippen molar-refractivity contribution in [1.82, 2.24) is 24.9 Å². The first-order chi connectivity index (χ1) is 20.8. The number of methoxy groups -OCH3 is 1. The van der Waals surface area contributed by atoms with Crippen molar-refractivity contribution in [3.63, 3.8) is 0 Å². The Kier molecular flexibility index (Phi) is 10.3. The smallest absolute Gasteiger partial charge is 0.410 e. The molecule has 4 rings (SSSR count). The van der Waals surface area contributed by atoms with Crippen LogP contribution in [-0.2, 0) is 9.47 Å². The maximum Gasteiger partial charge on any atom is 0.410 e. The molecule has 1 fully saturated rings. The summed E-state index contributed by atoms with van der Waals surface area (Å²) in [5, 5.41) is 18.1. The zero-order chi connectivity index (χ0) is 32.0. The van der Waals surface area contributed by atoms with Crippen LogP contribution in [0.25, 0.3) is 22.6 Å². The maximum atomic E-state index is 12.2. The summed E-state index contributed by atoms with van der Waals surface area (Å²) in [6.07, 6.45) is -0.296. The average molecular weight is 611 g/mol. The Morgan fingerprint density at radius 2 is 1.91 bits per heavy atom. The highest BCUT2D eigenvalue weighted by Crippen LogP contribution is 2.31. The molecular formula is C31H42N6O7. The van der Waals surface area contributed by atoms with Gasteiger partial charge in [-0.1, -0.05) is 17.3 Å². The first-order valence-corrected chi connectivity index (χ1v) is 14.6. The number of hydrogen-bond donors (Lipinski definition) is 2. The lowest BCUT2D eigenvalue weighted by Crippen LogP contribution is -2.42. The van der Waals surface area contributed by atoms with Gasteiger partial charge in [0, 0.05) is 37.8 Å². The van der Waals surface area contributed by atoms with Gasteiger partial charge in [0.15, 0.2) is 5.82 Å². The second-order valence-corrected chi connectivity index (χ2v) is 11.9. The quantitative estimate of drug-likeness (QED) is 0.348. The molecule has 1 saturated heterocycles. The van der Waals surface area contributed by atoms with E-state index in [1.54, 1.807) is 44.9 Å². The lowest BCUT2D eigenvalue weighted by atomic mass is 10.1. The fourth-order valence-electron chi connectivity index (χ4n) is 4.87. The Hall–Kier alpha value is -4.39. The molecule has 44 heavy (non-hydrogen) atoms. The lowest BCUT2D eigenvalue weighted by molar-refractivity contribution is 0.0154. The number of nitrogens with one attached hydrogen (secondary N) is 1. The number of benzene rings is 1. The second kappa shape index (κ2) is 13.9. The van der Waals surface area contributed by atoms with Gasteiger partial charge in [-0.05, 0) is 59.6 Å². The van der Waals surface area contributed by atoms with Gasteiger partial charge in [-0.15, -0.1) is 0 Å². The molecule has 0 spiro atoms. The normalized spacial score (nSPS) is 14.6. The number of amides is 2. The van der Waals surface area contributed by atoms with Gasteiger partial charge in [-0.25, -0.2) is 19.6 Å². The van der Waals surface area contributed by atoms with Gasteiger partial charge >= 0.3 is 12.2 Å². The summed E-state index contributed by atoms with van der Waals surface area (Å²) in [7, 11) is 2.95. The zero-order valence-corrected chi connectivity index (χ0v) is 26.4. The van der Waals surface area contributed by atoms with E-state index in [1.807, 2.05) is 32.0 Å². The van der Waals surface area contributed by atoms with Crippen molar-refractivity contribution in [1.29, 1.82) is 0 Å². The number of likely N-dealkylation sites (N-methyl/N-ethyl adjacent to an activating group) is 1. The molecule has 2 aromatic heterocycles. The maximum absolute atomic E-state index is 12.2. The van der Waals surface area contributed by atoms with E-state index in [1.165, 1.54) is 12.0 Å². The van der Waals surface area contributed by atoms with Crippen molar-refractivity contribution >= 4 is 18.0 Å². The van der Waals surface area contributed by atoms with Crippen LogP contribution < -0.4 is 10.1 Å². The number of carbonyl (C=O) groups excluding carboxylic acids is 2. The van der Waals surface area contributed by atoms with Crippen molar-refractivity contribution in [2.75, 3.05) is 45.7 Å². The minimum atomic E-state index is -0.934. The van der Waals surface area contributed by atoms with E-state index >= 15 is 0 Å². The molecule has 0 radical (unpaired) electrons. The predicted octanol–water partition coefficient (Wildman–Crippen LogP) is 4.66. The van der Waals surface area contributed by atoms with Gasteiger partial charge in [0.05, 0.1) is 30.6 Å². The summed E-state index contributed by atoms with van der Waals surface area (Å²) in [5.41, 5.74) is 2.25. The molecule has 1 atom stereocenters. The van der Waals surface area contributed by atoms with Crippen LogP contribution >= 0.6 is 0 Å². The van der Waals surface area contributed by atoms with Crippen LogP contribution in [0.2, 0.25) is 0 Å². The van der Waals surface area contributed by atoms with E-state index in [-0.39, 0.29) is 25.3 Å². The summed E-state index contributed by atoms with van der Waals surface area (Å²) in [4.78, 5) is 36.8. The number of aromatic nitrogens is 3. The van der Waals surface area contributed by atoms with E-state index in [0.29, 0.717) is 53.2 Å². The molecule has 238 valence electrons. The Morgan fingerprint density at radius 3 is 2.55 bits per heavy atom. The molecule has 0 saturated carbocycles. The number of nitrogens with zero attached hydrogens (tertiary/aromatic N) is 5. The molecule has 3 heterocycles. The monoisotopic (exact) mass is 610 g/mol. The third-order valence-electron chi connectivity index (χ3n) is 7.02. The SMILES string of the molecule is COC(=O)N1CCC(Nc2cc(-c3c(C)noc3C)nc(-c3cccc(OC[C@H](O)CN(C)C(=O)OC(C)(C)C)c3)n2)CC1. The van der Waals surface area contributed by atoms with Gasteiger partial charge in [0.1, 0.15) is 35.6 Å². The van der Waals surface area contributed by atoms with Crippen molar-refractivity contribution in [2.24, 2.45) is 0 Å². The first kappa shape index (κ1) is 32.5. The molecule has 1 aromatic carbocycles. The Bertz CT molecular complexity index is 1430. The predicted molar refractivity (Wildman–Crippen MR) is 163 cm³/mol. The number of hydrogen-bond acceptors (Lipinski definition) is 11. The summed E-state index contributed by atoms with van der Waals surface area (Å²) in [6, 6.07) is 9.26. The largest absolute Gasteiger partial charge is 0.491 e. The van der Waals surface area contributed by atoms with Crippen molar-refractivity contribution in [2.45, 2.75) is 65.2 Å². The molecule has 13 heteroatoms. The van der Waals surface area contributed by atoms with E-state index < -0.39 is 17.8 Å². The lowest BCUT2D eigenvalue weighted by Gasteiger charge is -2.31. The minimum absolute atomic E-state index is 0.0341.